The Kier molecular flexibility index (Phi) is 3.35. The van der Waals surface area contributed by atoms with Crippen LogP contribution in [0.3, 0.4) is 0 Å². The summed E-state index contributed by atoms with van der Waals surface area (Å²) in [4.78, 5) is 0. The molecule has 1 aromatic rings. The number of nitrogens with one attached hydrogen (secondary N) is 1. The van der Waals surface area contributed by atoms with E-state index in [1.165, 1.54) is 18.3 Å². The third-order valence-electron chi connectivity index (χ3n) is 1.40. The van der Waals surface area contributed by atoms with Crippen molar-refractivity contribution < 1.29 is 9.50 Å². The molecule has 0 fully saturated rings. The van der Waals surface area contributed by atoms with Crippen LogP contribution in [-0.2, 0) is 0 Å². The first kappa shape index (κ1) is 10.4. The quantitative estimate of drug-likeness (QED) is 0.384. The van der Waals surface area contributed by atoms with Crippen LogP contribution in [0.1, 0.15) is 5.56 Å². The highest BCUT2D eigenvalue weighted by Crippen LogP contribution is 2.18. The van der Waals surface area contributed by atoms with Crippen LogP contribution in [0.2, 0.25) is 0 Å². The highest BCUT2D eigenvalue weighted by molar-refractivity contribution is 7.80. The number of hydrogen-bond acceptors (Lipinski definition) is 3. The minimum absolute atomic E-state index is 0.00265. The maximum absolute atomic E-state index is 12.8. The fourth-order valence-electron chi connectivity index (χ4n) is 0.802. The standard InChI is InChI=1S/C8H8FN3OS/c9-6-3-1-2-5(7(6)13)4-11-12-8(10)14/h1-4,13H,(H3,10,12,14). The van der Waals surface area contributed by atoms with Gasteiger partial charge in [0.15, 0.2) is 16.7 Å². The summed E-state index contributed by atoms with van der Waals surface area (Å²) in [6.45, 7) is 0. The first-order valence-electron chi connectivity index (χ1n) is 3.67. The van der Waals surface area contributed by atoms with Gasteiger partial charge in [-0.3, -0.25) is 5.43 Å². The fraction of sp³-hybridized carbons (Fsp3) is 0. The second-order valence-electron chi connectivity index (χ2n) is 2.41. The zero-order valence-electron chi connectivity index (χ0n) is 7.07. The molecule has 0 radical (unpaired) electrons. The second kappa shape index (κ2) is 4.52. The van der Waals surface area contributed by atoms with Crippen LogP contribution in [0.5, 0.6) is 5.75 Å². The molecular weight excluding hydrogens is 205 g/mol. The van der Waals surface area contributed by atoms with Gasteiger partial charge < -0.3 is 10.8 Å². The third kappa shape index (κ3) is 2.67. The van der Waals surface area contributed by atoms with Gasteiger partial charge in [-0.05, 0) is 24.4 Å². The molecule has 0 aliphatic heterocycles. The number of hydrazone groups is 1. The lowest BCUT2D eigenvalue weighted by Crippen LogP contribution is -2.24. The van der Waals surface area contributed by atoms with Crippen molar-refractivity contribution in [2.45, 2.75) is 0 Å². The van der Waals surface area contributed by atoms with Crippen molar-refractivity contribution in [2.24, 2.45) is 10.8 Å². The average Bonchev–Trinajstić information content (AvgIpc) is 2.12. The van der Waals surface area contributed by atoms with E-state index in [-0.39, 0.29) is 10.7 Å². The van der Waals surface area contributed by atoms with E-state index in [0.29, 0.717) is 0 Å². The van der Waals surface area contributed by atoms with Crippen LogP contribution in [0.15, 0.2) is 23.3 Å². The topological polar surface area (TPSA) is 70.6 Å². The molecule has 0 unspecified atom stereocenters. The van der Waals surface area contributed by atoms with Crippen molar-refractivity contribution in [2.75, 3.05) is 0 Å². The number of hydrogen-bond donors (Lipinski definition) is 3. The largest absolute Gasteiger partial charge is 0.504 e. The van der Waals surface area contributed by atoms with Crippen molar-refractivity contribution in [1.29, 1.82) is 0 Å². The van der Waals surface area contributed by atoms with Crippen molar-refractivity contribution in [1.82, 2.24) is 5.43 Å². The maximum atomic E-state index is 12.8. The van der Waals surface area contributed by atoms with E-state index in [1.54, 1.807) is 0 Å². The molecule has 0 aliphatic carbocycles. The predicted octanol–water partition coefficient (Wildman–Crippen LogP) is 0.698. The van der Waals surface area contributed by atoms with E-state index < -0.39 is 11.6 Å². The highest BCUT2D eigenvalue weighted by Gasteiger charge is 2.03. The lowest BCUT2D eigenvalue weighted by Gasteiger charge is -1.99. The van der Waals surface area contributed by atoms with E-state index in [4.69, 9.17) is 5.73 Å². The first-order chi connectivity index (χ1) is 6.61. The Morgan fingerprint density at radius 1 is 1.64 bits per heavy atom. The molecule has 0 saturated heterocycles. The van der Waals surface area contributed by atoms with Gasteiger partial charge in [0.1, 0.15) is 0 Å². The number of phenolic OH excluding ortho intramolecular Hbond substituents is 1. The number of rotatable bonds is 2. The number of nitrogens with two attached hydrogens (primary N) is 1. The molecule has 0 heterocycles. The smallest absolute Gasteiger partial charge is 0.184 e. The van der Waals surface area contributed by atoms with E-state index in [1.807, 2.05) is 0 Å². The van der Waals surface area contributed by atoms with Gasteiger partial charge in [0.2, 0.25) is 0 Å². The number of para-hydroxylation sites is 1. The number of halogens is 1. The zero-order valence-corrected chi connectivity index (χ0v) is 7.88. The minimum atomic E-state index is -0.704. The monoisotopic (exact) mass is 213 g/mol. The molecule has 0 amide bonds. The summed E-state index contributed by atoms with van der Waals surface area (Å²) in [7, 11) is 0. The van der Waals surface area contributed by atoms with Gasteiger partial charge in [0.25, 0.3) is 0 Å². The molecule has 14 heavy (non-hydrogen) atoms. The summed E-state index contributed by atoms with van der Waals surface area (Å²) < 4.78 is 12.8. The van der Waals surface area contributed by atoms with Crippen LogP contribution in [0.4, 0.5) is 4.39 Å². The minimum Gasteiger partial charge on any atom is -0.504 e. The molecule has 1 rings (SSSR count). The molecule has 0 spiro atoms. The van der Waals surface area contributed by atoms with E-state index in [9.17, 15) is 9.50 Å². The lowest BCUT2D eigenvalue weighted by atomic mass is 10.2. The Labute approximate surface area is 85.2 Å². The molecule has 0 aromatic heterocycles. The molecule has 0 bridgehead atoms. The molecule has 6 heteroatoms. The number of phenols is 1. The van der Waals surface area contributed by atoms with E-state index in [0.717, 1.165) is 6.07 Å². The third-order valence-corrected chi connectivity index (χ3v) is 1.49. The van der Waals surface area contributed by atoms with Gasteiger partial charge in [-0.25, -0.2) is 4.39 Å². The maximum Gasteiger partial charge on any atom is 0.184 e. The molecule has 0 atom stereocenters. The van der Waals surface area contributed by atoms with Crippen LogP contribution in [0, 0.1) is 5.82 Å². The van der Waals surface area contributed by atoms with Gasteiger partial charge >= 0.3 is 0 Å². The summed E-state index contributed by atoms with van der Waals surface area (Å²) >= 11 is 4.49. The Balaban J connectivity index is 2.81. The van der Waals surface area contributed by atoms with Crippen LogP contribution >= 0.6 is 12.2 Å². The molecule has 0 saturated carbocycles. The van der Waals surface area contributed by atoms with E-state index in [2.05, 4.69) is 22.7 Å². The molecule has 0 aliphatic rings. The SMILES string of the molecule is NC(=S)NN=Cc1cccc(F)c1O. The van der Waals surface area contributed by atoms with Gasteiger partial charge in [0, 0.05) is 5.56 Å². The van der Waals surface area contributed by atoms with E-state index >= 15 is 0 Å². The predicted molar refractivity (Wildman–Crippen MR) is 55.6 cm³/mol. The Hall–Kier alpha value is -1.69. The van der Waals surface area contributed by atoms with Gasteiger partial charge in [-0.2, -0.15) is 5.10 Å². The Morgan fingerprint density at radius 3 is 3.00 bits per heavy atom. The van der Waals surface area contributed by atoms with Crippen LogP contribution in [-0.4, -0.2) is 16.4 Å². The summed E-state index contributed by atoms with van der Waals surface area (Å²) in [6.07, 6.45) is 1.22. The van der Waals surface area contributed by atoms with Gasteiger partial charge in [-0.15, -0.1) is 0 Å². The molecule has 4 N–H and O–H groups in total. The summed E-state index contributed by atoms with van der Waals surface area (Å²) in [5.74, 6) is -1.16. The molecule has 4 nitrogen and oxygen atoms in total. The summed E-state index contributed by atoms with van der Waals surface area (Å²) in [5, 5.41) is 12.8. The lowest BCUT2D eigenvalue weighted by molar-refractivity contribution is 0.431. The second-order valence-corrected chi connectivity index (χ2v) is 2.85. The van der Waals surface area contributed by atoms with Crippen molar-refractivity contribution in [3.8, 4) is 5.75 Å². The van der Waals surface area contributed by atoms with Crippen molar-refractivity contribution in [3.05, 3.63) is 29.6 Å². The highest BCUT2D eigenvalue weighted by atomic mass is 32.1. The number of aromatic hydroxyl groups is 1. The van der Waals surface area contributed by atoms with Gasteiger partial charge in [0.05, 0.1) is 6.21 Å². The number of benzene rings is 1. The molecule has 1 aromatic carbocycles. The summed E-state index contributed by atoms with van der Waals surface area (Å²) in [6, 6.07) is 4.11. The van der Waals surface area contributed by atoms with Crippen molar-refractivity contribution >= 4 is 23.5 Å². The zero-order chi connectivity index (χ0) is 10.6. The Morgan fingerprint density at radius 2 is 2.36 bits per heavy atom. The first-order valence-corrected chi connectivity index (χ1v) is 4.08. The fourth-order valence-corrected chi connectivity index (χ4v) is 0.854. The van der Waals surface area contributed by atoms with Crippen LogP contribution < -0.4 is 11.2 Å². The molecule has 74 valence electrons. The Bertz CT molecular complexity index is 381. The van der Waals surface area contributed by atoms with Gasteiger partial charge in [-0.1, -0.05) is 6.07 Å². The van der Waals surface area contributed by atoms with Crippen LogP contribution in [0.25, 0.3) is 0 Å². The number of nitrogens with zero attached hydrogens (tertiary/aromatic N) is 1. The summed E-state index contributed by atoms with van der Waals surface area (Å²) in [5.41, 5.74) is 7.62. The van der Waals surface area contributed by atoms with Crippen molar-refractivity contribution in [3.63, 3.8) is 0 Å². The molecular formula is C8H8FN3OS. The number of thiocarbonyl (C=S) groups is 1. The normalized spacial score (nSPS) is 10.4. The average molecular weight is 213 g/mol.